The predicted molar refractivity (Wildman–Crippen MR) is 86.0 cm³/mol. The molecule has 1 aliphatic rings. The Hall–Kier alpha value is -1.64. The minimum absolute atomic E-state index is 0.274. The molecular weight excluding hydrogens is 280 g/mol. The van der Waals surface area contributed by atoms with Crippen molar-refractivity contribution in [1.82, 2.24) is 5.32 Å². The molecule has 2 atom stereocenters. The molecule has 21 heavy (non-hydrogen) atoms. The van der Waals surface area contributed by atoms with Crippen molar-refractivity contribution in [3.63, 3.8) is 0 Å². The van der Waals surface area contributed by atoms with Crippen molar-refractivity contribution in [1.29, 1.82) is 0 Å². The Labute approximate surface area is 129 Å². The van der Waals surface area contributed by atoms with Crippen LogP contribution in [-0.2, 0) is 10.3 Å². The quantitative estimate of drug-likeness (QED) is 0.794. The van der Waals surface area contributed by atoms with Crippen LogP contribution in [0.2, 0.25) is 0 Å². The average Bonchev–Trinajstić information content (AvgIpc) is 2.99. The summed E-state index contributed by atoms with van der Waals surface area (Å²) in [4.78, 5) is 0. The maximum Gasteiger partial charge on any atom is 0.119 e. The van der Waals surface area contributed by atoms with Gasteiger partial charge in [-0.1, -0.05) is 24.0 Å². The van der Waals surface area contributed by atoms with Gasteiger partial charge in [-0.3, -0.25) is 0 Å². The van der Waals surface area contributed by atoms with Crippen LogP contribution in [0.15, 0.2) is 41.1 Å². The van der Waals surface area contributed by atoms with Crippen molar-refractivity contribution >= 4 is 11.3 Å². The van der Waals surface area contributed by atoms with Gasteiger partial charge in [-0.25, -0.2) is 0 Å². The van der Waals surface area contributed by atoms with Crippen molar-refractivity contribution in [2.75, 3.05) is 13.1 Å². The van der Waals surface area contributed by atoms with Gasteiger partial charge in [0, 0.05) is 29.6 Å². The molecule has 1 fully saturated rings. The first-order valence-electron chi connectivity index (χ1n) is 6.95. The molecule has 1 aromatic heterocycles. The highest BCUT2D eigenvalue weighted by molar-refractivity contribution is 7.08. The van der Waals surface area contributed by atoms with E-state index in [2.05, 4.69) is 36.2 Å². The smallest absolute Gasteiger partial charge is 0.119 e. The largest absolute Gasteiger partial charge is 0.350 e. The van der Waals surface area contributed by atoms with E-state index in [4.69, 9.17) is 10.5 Å². The molecule has 0 saturated carbocycles. The molecule has 1 saturated heterocycles. The Morgan fingerprint density at radius 3 is 2.95 bits per heavy atom. The van der Waals surface area contributed by atoms with E-state index in [9.17, 15) is 0 Å². The van der Waals surface area contributed by atoms with Gasteiger partial charge >= 0.3 is 0 Å². The minimum Gasteiger partial charge on any atom is -0.350 e. The molecule has 2 aromatic rings. The summed E-state index contributed by atoms with van der Waals surface area (Å²) < 4.78 is 5.93. The van der Waals surface area contributed by atoms with Gasteiger partial charge in [0.05, 0.1) is 0 Å². The van der Waals surface area contributed by atoms with Crippen LogP contribution >= 0.6 is 11.3 Å². The lowest BCUT2D eigenvalue weighted by molar-refractivity contribution is -0.107. The topological polar surface area (TPSA) is 47.3 Å². The number of nitrogens with one attached hydrogen (secondary N) is 1. The number of hydrogen-bond acceptors (Lipinski definition) is 4. The van der Waals surface area contributed by atoms with Crippen LogP contribution < -0.4 is 11.1 Å². The summed E-state index contributed by atoms with van der Waals surface area (Å²) >= 11 is 1.66. The second kappa shape index (κ2) is 6.00. The number of ether oxygens (including phenoxy) is 1. The van der Waals surface area contributed by atoms with Gasteiger partial charge < -0.3 is 15.8 Å². The molecule has 0 spiro atoms. The molecule has 3 nitrogen and oxygen atoms in total. The lowest BCUT2D eigenvalue weighted by Crippen LogP contribution is -2.53. The van der Waals surface area contributed by atoms with Gasteiger partial charge in [-0.05, 0) is 36.1 Å². The van der Waals surface area contributed by atoms with Gasteiger partial charge in [0.15, 0.2) is 0 Å². The van der Waals surface area contributed by atoms with Crippen LogP contribution in [0.25, 0.3) is 0 Å². The molecular formula is C17H18N2OS. The highest BCUT2D eigenvalue weighted by atomic mass is 32.1. The van der Waals surface area contributed by atoms with Crippen LogP contribution in [0.3, 0.4) is 0 Å². The first-order valence-corrected chi connectivity index (χ1v) is 7.89. The SMILES string of the molecule is CC1(c2cccc(C#Cc3ccsc3)c2)CNCC(N)O1. The summed E-state index contributed by atoms with van der Waals surface area (Å²) in [6, 6.07) is 10.2. The Morgan fingerprint density at radius 1 is 1.33 bits per heavy atom. The van der Waals surface area contributed by atoms with Crippen LogP contribution in [0.5, 0.6) is 0 Å². The summed E-state index contributed by atoms with van der Waals surface area (Å²) in [6.45, 7) is 3.50. The highest BCUT2D eigenvalue weighted by Gasteiger charge is 2.33. The molecule has 108 valence electrons. The second-order valence-corrected chi connectivity index (χ2v) is 6.14. The number of morpholine rings is 1. The molecule has 3 N–H and O–H groups in total. The van der Waals surface area contributed by atoms with E-state index in [-0.39, 0.29) is 6.23 Å². The molecule has 1 aliphatic heterocycles. The Balaban J connectivity index is 1.86. The van der Waals surface area contributed by atoms with Crippen LogP contribution in [0.1, 0.15) is 23.6 Å². The fraction of sp³-hybridized carbons (Fsp3) is 0.294. The van der Waals surface area contributed by atoms with E-state index < -0.39 is 5.60 Å². The van der Waals surface area contributed by atoms with Crippen molar-refractivity contribution < 1.29 is 4.74 Å². The van der Waals surface area contributed by atoms with Crippen molar-refractivity contribution in [2.45, 2.75) is 18.8 Å². The van der Waals surface area contributed by atoms with E-state index in [1.54, 1.807) is 11.3 Å². The van der Waals surface area contributed by atoms with E-state index in [1.165, 1.54) is 0 Å². The minimum atomic E-state index is -0.405. The fourth-order valence-corrected chi connectivity index (χ4v) is 3.03. The summed E-state index contributed by atoms with van der Waals surface area (Å²) in [5.74, 6) is 6.38. The summed E-state index contributed by atoms with van der Waals surface area (Å²) in [7, 11) is 0. The van der Waals surface area contributed by atoms with Gasteiger partial charge in [0.1, 0.15) is 11.8 Å². The molecule has 3 rings (SSSR count). The van der Waals surface area contributed by atoms with Gasteiger partial charge in [-0.2, -0.15) is 11.3 Å². The maximum absolute atomic E-state index is 5.93. The summed E-state index contributed by atoms with van der Waals surface area (Å²) in [6.07, 6.45) is -0.274. The van der Waals surface area contributed by atoms with Crippen LogP contribution in [-0.4, -0.2) is 19.3 Å². The van der Waals surface area contributed by atoms with Crippen molar-refractivity contribution in [2.24, 2.45) is 5.73 Å². The molecule has 0 radical (unpaired) electrons. The number of nitrogens with two attached hydrogens (primary N) is 1. The van der Waals surface area contributed by atoms with Gasteiger partial charge in [0.25, 0.3) is 0 Å². The third-order valence-corrected chi connectivity index (χ3v) is 4.25. The Morgan fingerprint density at radius 2 is 2.19 bits per heavy atom. The van der Waals surface area contributed by atoms with Crippen LogP contribution in [0, 0.1) is 11.8 Å². The molecule has 1 aromatic carbocycles. The fourth-order valence-electron chi connectivity index (χ4n) is 2.45. The lowest BCUT2D eigenvalue weighted by Gasteiger charge is -2.38. The number of benzene rings is 1. The Bertz CT molecular complexity index is 672. The number of thiophene rings is 1. The number of hydrogen-bond donors (Lipinski definition) is 2. The first kappa shape index (κ1) is 14.3. The standard InChI is InChI=1S/C17H18N2OS/c1-17(12-19-10-16(18)20-17)15-4-2-3-13(9-15)5-6-14-7-8-21-11-14/h2-4,7-9,11,16,19H,10,12,18H2,1H3. The van der Waals surface area contributed by atoms with Crippen molar-refractivity contribution in [3.8, 4) is 11.8 Å². The molecule has 0 aliphatic carbocycles. The molecule has 4 heteroatoms. The molecule has 2 unspecified atom stereocenters. The highest BCUT2D eigenvalue weighted by Crippen LogP contribution is 2.28. The van der Waals surface area contributed by atoms with E-state index in [1.807, 2.05) is 29.0 Å². The zero-order chi connectivity index (χ0) is 14.7. The zero-order valence-corrected chi connectivity index (χ0v) is 12.7. The normalized spacial score (nSPS) is 25.1. The van der Waals surface area contributed by atoms with Gasteiger partial charge in [0.2, 0.25) is 0 Å². The van der Waals surface area contributed by atoms with Crippen molar-refractivity contribution in [3.05, 3.63) is 57.8 Å². The lowest BCUT2D eigenvalue weighted by atomic mass is 9.93. The predicted octanol–water partition coefficient (Wildman–Crippen LogP) is 2.27. The van der Waals surface area contributed by atoms with Crippen LogP contribution in [0.4, 0.5) is 0 Å². The average molecular weight is 298 g/mol. The van der Waals surface area contributed by atoms with E-state index in [0.29, 0.717) is 6.54 Å². The second-order valence-electron chi connectivity index (χ2n) is 5.36. The molecule has 0 amide bonds. The summed E-state index contributed by atoms with van der Waals surface area (Å²) in [5.41, 5.74) is 8.63. The zero-order valence-electron chi connectivity index (χ0n) is 11.9. The molecule has 0 bridgehead atoms. The maximum atomic E-state index is 5.93. The molecule has 2 heterocycles. The van der Waals surface area contributed by atoms with E-state index in [0.717, 1.165) is 23.2 Å². The Kier molecular flexibility index (Phi) is 4.09. The number of rotatable bonds is 1. The first-order chi connectivity index (χ1) is 10.2. The van der Waals surface area contributed by atoms with E-state index >= 15 is 0 Å². The third-order valence-electron chi connectivity index (χ3n) is 3.56. The van der Waals surface area contributed by atoms with Gasteiger partial charge in [-0.15, -0.1) is 0 Å². The third kappa shape index (κ3) is 3.34. The monoisotopic (exact) mass is 298 g/mol. The summed E-state index contributed by atoms with van der Waals surface area (Å²) in [5, 5.41) is 7.39.